The molecule has 0 spiro atoms. The summed E-state index contributed by atoms with van der Waals surface area (Å²) in [6, 6.07) is 0. The highest BCUT2D eigenvalue weighted by molar-refractivity contribution is 7.46. The summed E-state index contributed by atoms with van der Waals surface area (Å²) in [5, 5.41) is 0. The number of allylic oxidation sites excluding steroid dienone is 2. The van der Waals surface area contributed by atoms with Crippen molar-refractivity contribution in [2.75, 3.05) is 13.2 Å². The van der Waals surface area contributed by atoms with Crippen LogP contribution in [0, 0.1) is 0 Å². The van der Waals surface area contributed by atoms with E-state index in [1.54, 1.807) is 0 Å². The third-order valence-electron chi connectivity index (χ3n) is 4.70. The summed E-state index contributed by atoms with van der Waals surface area (Å²) in [4.78, 5) is 28.6. The monoisotopic (exact) mass is 434 g/mol. The zero-order chi connectivity index (χ0) is 21.6. The molecule has 0 aromatic rings. The molecule has 7 heteroatoms. The molecule has 0 aromatic heterocycles. The van der Waals surface area contributed by atoms with Crippen LogP contribution >= 0.6 is 7.82 Å². The first kappa shape index (κ1) is 28.3. The van der Waals surface area contributed by atoms with Crippen molar-refractivity contribution in [2.45, 2.75) is 110 Å². The molecule has 2 N–H and O–H groups in total. The van der Waals surface area contributed by atoms with E-state index in [1.165, 1.54) is 57.8 Å². The molecule has 0 bridgehead atoms. The van der Waals surface area contributed by atoms with Gasteiger partial charge >= 0.3 is 13.8 Å². The first-order chi connectivity index (χ1) is 14.0. The van der Waals surface area contributed by atoms with Crippen LogP contribution in [0.4, 0.5) is 0 Å². The van der Waals surface area contributed by atoms with Crippen LogP contribution in [0.15, 0.2) is 12.2 Å². The molecule has 0 aliphatic rings. The van der Waals surface area contributed by atoms with Crippen molar-refractivity contribution in [3.05, 3.63) is 12.2 Å². The van der Waals surface area contributed by atoms with Gasteiger partial charge in [0.05, 0.1) is 13.2 Å². The normalized spacial score (nSPS) is 12.0. The van der Waals surface area contributed by atoms with Crippen molar-refractivity contribution in [2.24, 2.45) is 0 Å². The molecule has 0 amide bonds. The number of ether oxygens (including phenoxy) is 1. The van der Waals surface area contributed by atoms with Gasteiger partial charge in [-0.05, 0) is 44.9 Å². The maximum absolute atomic E-state index is 11.6. The quantitative estimate of drug-likeness (QED) is 0.0932. The molecule has 0 aliphatic heterocycles. The Hall–Kier alpha value is -0.680. The predicted molar refractivity (Wildman–Crippen MR) is 118 cm³/mol. The van der Waals surface area contributed by atoms with E-state index < -0.39 is 7.82 Å². The highest BCUT2D eigenvalue weighted by Gasteiger charge is 2.12. The van der Waals surface area contributed by atoms with Crippen LogP contribution in [0.1, 0.15) is 110 Å². The number of carbonyl (C=O) groups excluding carboxylic acids is 1. The van der Waals surface area contributed by atoms with Crippen LogP contribution < -0.4 is 0 Å². The van der Waals surface area contributed by atoms with Crippen LogP contribution in [0.25, 0.3) is 0 Å². The third kappa shape index (κ3) is 25.3. The maximum Gasteiger partial charge on any atom is 0.469 e. The minimum Gasteiger partial charge on any atom is -0.466 e. The van der Waals surface area contributed by atoms with Gasteiger partial charge in [0, 0.05) is 6.42 Å². The summed E-state index contributed by atoms with van der Waals surface area (Å²) in [5.41, 5.74) is 0. The van der Waals surface area contributed by atoms with Crippen LogP contribution in [-0.4, -0.2) is 29.0 Å². The summed E-state index contributed by atoms with van der Waals surface area (Å²) in [6.45, 7) is 2.49. The average molecular weight is 435 g/mol. The Bertz CT molecular complexity index is 447. The van der Waals surface area contributed by atoms with E-state index >= 15 is 0 Å². The van der Waals surface area contributed by atoms with Crippen molar-refractivity contribution in [3.63, 3.8) is 0 Å². The number of phosphoric ester groups is 1. The van der Waals surface area contributed by atoms with Gasteiger partial charge in [-0.2, -0.15) is 0 Å². The van der Waals surface area contributed by atoms with Gasteiger partial charge in [-0.3, -0.25) is 9.32 Å². The van der Waals surface area contributed by atoms with Crippen LogP contribution in [0.3, 0.4) is 0 Å². The molecule has 0 heterocycles. The molecule has 0 saturated carbocycles. The van der Waals surface area contributed by atoms with Crippen LogP contribution in [-0.2, 0) is 18.6 Å². The fourth-order valence-electron chi connectivity index (χ4n) is 2.99. The first-order valence-electron chi connectivity index (χ1n) is 11.5. The Morgan fingerprint density at radius 1 is 0.759 bits per heavy atom. The highest BCUT2D eigenvalue weighted by Crippen LogP contribution is 2.35. The van der Waals surface area contributed by atoms with Gasteiger partial charge in [0.15, 0.2) is 0 Å². The Balaban J connectivity index is 3.26. The number of phosphoric acid groups is 1. The maximum atomic E-state index is 11.6. The number of rotatable bonds is 21. The zero-order valence-electron chi connectivity index (χ0n) is 18.4. The standard InChI is InChI=1S/C22H43O6P/c1-2-3-4-5-6-7-8-9-10-11-12-13-14-15-16-19-22(23)27-20-17-18-21-28-29(24,25)26/h9-10H,2-8,11-21H2,1H3,(H2,24,25,26)/b10-9-. The summed E-state index contributed by atoms with van der Waals surface area (Å²) in [6.07, 6.45) is 22.0. The second kappa shape index (κ2) is 20.6. The molecule has 0 rings (SSSR count). The van der Waals surface area contributed by atoms with E-state index in [-0.39, 0.29) is 19.2 Å². The smallest absolute Gasteiger partial charge is 0.466 e. The molecule has 0 radical (unpaired) electrons. The zero-order valence-corrected chi connectivity index (χ0v) is 19.3. The van der Waals surface area contributed by atoms with E-state index in [9.17, 15) is 9.36 Å². The molecule has 29 heavy (non-hydrogen) atoms. The Labute approximate surface area is 177 Å². The number of hydrogen-bond acceptors (Lipinski definition) is 4. The van der Waals surface area contributed by atoms with Crippen LogP contribution in [0.2, 0.25) is 0 Å². The summed E-state index contributed by atoms with van der Waals surface area (Å²) >= 11 is 0. The fraction of sp³-hybridized carbons (Fsp3) is 0.864. The minimum atomic E-state index is -4.39. The molecular formula is C22H43O6P. The number of carbonyl (C=O) groups is 1. The molecule has 0 fully saturated rings. The molecular weight excluding hydrogens is 391 g/mol. The fourth-order valence-corrected chi connectivity index (χ4v) is 3.35. The van der Waals surface area contributed by atoms with E-state index in [1.807, 2.05) is 0 Å². The molecule has 6 nitrogen and oxygen atoms in total. The van der Waals surface area contributed by atoms with Gasteiger partial charge in [0.25, 0.3) is 0 Å². The topological polar surface area (TPSA) is 93.1 Å². The second-order valence-electron chi connectivity index (χ2n) is 7.59. The van der Waals surface area contributed by atoms with Gasteiger partial charge in [-0.1, -0.05) is 70.4 Å². The minimum absolute atomic E-state index is 0.0317. The number of hydrogen-bond donors (Lipinski definition) is 2. The van der Waals surface area contributed by atoms with E-state index in [0.717, 1.165) is 25.7 Å². The van der Waals surface area contributed by atoms with Crippen molar-refractivity contribution in [3.8, 4) is 0 Å². The molecule has 0 saturated heterocycles. The lowest BCUT2D eigenvalue weighted by molar-refractivity contribution is -0.143. The molecule has 0 aliphatic carbocycles. The van der Waals surface area contributed by atoms with Gasteiger partial charge in [-0.25, -0.2) is 4.57 Å². The lowest BCUT2D eigenvalue weighted by Crippen LogP contribution is -2.06. The summed E-state index contributed by atoms with van der Waals surface area (Å²) in [7, 11) is -4.39. The van der Waals surface area contributed by atoms with Gasteiger partial charge in [0.2, 0.25) is 0 Å². The van der Waals surface area contributed by atoms with Gasteiger partial charge in [-0.15, -0.1) is 0 Å². The molecule has 0 aromatic carbocycles. The molecule has 0 unspecified atom stereocenters. The van der Waals surface area contributed by atoms with Crippen molar-refractivity contribution < 1.29 is 28.4 Å². The van der Waals surface area contributed by atoms with Crippen molar-refractivity contribution in [1.29, 1.82) is 0 Å². The highest BCUT2D eigenvalue weighted by atomic mass is 31.2. The summed E-state index contributed by atoms with van der Waals surface area (Å²) < 4.78 is 19.9. The molecule has 0 atom stereocenters. The van der Waals surface area contributed by atoms with Crippen molar-refractivity contribution >= 4 is 13.8 Å². The van der Waals surface area contributed by atoms with E-state index in [0.29, 0.717) is 19.3 Å². The Morgan fingerprint density at radius 3 is 1.86 bits per heavy atom. The predicted octanol–water partition coefficient (Wildman–Crippen LogP) is 6.46. The Kier molecular flexibility index (Phi) is 20.1. The molecule has 172 valence electrons. The lowest BCUT2D eigenvalue weighted by atomic mass is 10.1. The van der Waals surface area contributed by atoms with E-state index in [2.05, 4.69) is 23.6 Å². The lowest BCUT2D eigenvalue weighted by Gasteiger charge is -2.06. The Morgan fingerprint density at radius 2 is 1.28 bits per heavy atom. The second-order valence-corrected chi connectivity index (χ2v) is 8.83. The number of unbranched alkanes of at least 4 members (excludes halogenated alkanes) is 12. The SMILES string of the molecule is CCCCCCCC/C=C\CCCCCCCC(=O)OCCCCOP(=O)(O)O. The van der Waals surface area contributed by atoms with Crippen molar-refractivity contribution in [1.82, 2.24) is 0 Å². The van der Waals surface area contributed by atoms with Gasteiger partial charge in [0.1, 0.15) is 0 Å². The first-order valence-corrected chi connectivity index (χ1v) is 13.0. The third-order valence-corrected chi connectivity index (χ3v) is 5.22. The van der Waals surface area contributed by atoms with Crippen LogP contribution in [0.5, 0.6) is 0 Å². The van der Waals surface area contributed by atoms with E-state index in [4.69, 9.17) is 14.5 Å². The average Bonchev–Trinajstić information content (AvgIpc) is 2.66. The number of esters is 1. The van der Waals surface area contributed by atoms with Gasteiger partial charge < -0.3 is 14.5 Å². The summed E-state index contributed by atoms with van der Waals surface area (Å²) in [5.74, 6) is -0.196. The largest absolute Gasteiger partial charge is 0.469 e.